The summed E-state index contributed by atoms with van der Waals surface area (Å²) in [7, 11) is 0. The zero-order chi connectivity index (χ0) is 7.98. The number of rotatable bonds is 4. The first kappa shape index (κ1) is 9.45. The third-order valence-electron chi connectivity index (χ3n) is 1.65. The lowest BCUT2D eigenvalue weighted by molar-refractivity contribution is 0.282. The van der Waals surface area contributed by atoms with Gasteiger partial charge >= 0.3 is 0 Å². The summed E-state index contributed by atoms with van der Waals surface area (Å²) in [6.45, 7) is 9.19. The van der Waals surface area contributed by atoms with Crippen LogP contribution in [0.4, 0.5) is 0 Å². The van der Waals surface area contributed by atoms with Crippen LogP contribution in [0.3, 0.4) is 0 Å². The summed E-state index contributed by atoms with van der Waals surface area (Å²) in [5.74, 6) is 0.167. The summed E-state index contributed by atoms with van der Waals surface area (Å²) < 4.78 is 0. The average Bonchev–Trinajstić information content (AvgIpc) is 1.99. The molecule has 0 fully saturated rings. The Balaban J connectivity index is 3.54. The van der Waals surface area contributed by atoms with E-state index in [2.05, 4.69) is 24.8 Å². The smallest absolute Gasteiger partial charge is 0.0666 e. The quantitative estimate of drug-likeness (QED) is 0.591. The maximum atomic E-state index is 8.50. The first-order chi connectivity index (χ1) is 4.74. The molecule has 58 valence electrons. The molecule has 0 bridgehead atoms. The van der Waals surface area contributed by atoms with Crippen molar-refractivity contribution < 1.29 is 0 Å². The molecule has 0 spiro atoms. The molecule has 0 aromatic rings. The van der Waals surface area contributed by atoms with E-state index in [9.17, 15) is 0 Å². The van der Waals surface area contributed by atoms with Gasteiger partial charge in [0.2, 0.25) is 0 Å². The van der Waals surface area contributed by atoms with Crippen molar-refractivity contribution in [1.29, 1.82) is 5.26 Å². The van der Waals surface area contributed by atoms with Gasteiger partial charge in [0.05, 0.1) is 12.0 Å². The monoisotopic (exact) mass is 140 g/mol. The highest BCUT2D eigenvalue weighted by molar-refractivity contribution is 4.80. The maximum Gasteiger partial charge on any atom is 0.0666 e. The Morgan fingerprint density at radius 1 is 1.40 bits per heavy atom. The molecule has 0 saturated carbocycles. The number of hydrogen-bond acceptors (Lipinski definition) is 2. The largest absolute Gasteiger partial charge is 0.303 e. The molecule has 10 heavy (non-hydrogen) atoms. The van der Waals surface area contributed by atoms with Gasteiger partial charge < -0.3 is 4.90 Å². The van der Waals surface area contributed by atoms with E-state index in [1.54, 1.807) is 0 Å². The van der Waals surface area contributed by atoms with Crippen molar-refractivity contribution in [2.75, 3.05) is 19.6 Å². The van der Waals surface area contributed by atoms with Gasteiger partial charge in [-0.15, -0.1) is 0 Å². The van der Waals surface area contributed by atoms with E-state index >= 15 is 0 Å². The summed E-state index contributed by atoms with van der Waals surface area (Å²) in [5.41, 5.74) is 0. The van der Waals surface area contributed by atoms with Crippen molar-refractivity contribution in [3.63, 3.8) is 0 Å². The van der Waals surface area contributed by atoms with Gasteiger partial charge in [-0.1, -0.05) is 13.8 Å². The molecule has 0 aromatic heterocycles. The topological polar surface area (TPSA) is 27.0 Å². The van der Waals surface area contributed by atoms with Crippen molar-refractivity contribution in [3.8, 4) is 6.07 Å². The van der Waals surface area contributed by atoms with E-state index < -0.39 is 0 Å². The fourth-order valence-electron chi connectivity index (χ4n) is 0.910. The fourth-order valence-corrected chi connectivity index (χ4v) is 0.910. The molecule has 0 amide bonds. The molecule has 0 aliphatic heterocycles. The van der Waals surface area contributed by atoms with Crippen molar-refractivity contribution in [1.82, 2.24) is 4.90 Å². The van der Waals surface area contributed by atoms with Crippen LogP contribution >= 0.6 is 0 Å². The zero-order valence-corrected chi connectivity index (χ0v) is 7.09. The molecule has 0 radical (unpaired) electrons. The summed E-state index contributed by atoms with van der Waals surface area (Å²) >= 11 is 0. The van der Waals surface area contributed by atoms with E-state index in [0.29, 0.717) is 0 Å². The minimum atomic E-state index is 0.167. The number of nitrogens with zero attached hydrogens (tertiary/aromatic N) is 2. The van der Waals surface area contributed by atoms with Crippen LogP contribution in [0.5, 0.6) is 0 Å². The third kappa shape index (κ3) is 3.47. The van der Waals surface area contributed by atoms with Crippen LogP contribution in [0.25, 0.3) is 0 Å². The predicted molar refractivity (Wildman–Crippen MR) is 42.6 cm³/mol. The second-order valence-electron chi connectivity index (χ2n) is 2.52. The molecule has 0 aliphatic carbocycles. The fraction of sp³-hybridized carbons (Fsp3) is 0.875. The molecule has 0 unspecified atom stereocenters. The molecule has 0 N–H and O–H groups in total. The van der Waals surface area contributed by atoms with Gasteiger partial charge in [0.15, 0.2) is 0 Å². The van der Waals surface area contributed by atoms with Gasteiger partial charge in [-0.05, 0) is 20.0 Å². The van der Waals surface area contributed by atoms with Crippen molar-refractivity contribution in [3.05, 3.63) is 0 Å². The molecule has 0 saturated heterocycles. The van der Waals surface area contributed by atoms with Gasteiger partial charge in [0.1, 0.15) is 0 Å². The van der Waals surface area contributed by atoms with Crippen LogP contribution in [-0.2, 0) is 0 Å². The van der Waals surface area contributed by atoms with Gasteiger partial charge in [0, 0.05) is 6.54 Å². The van der Waals surface area contributed by atoms with E-state index in [4.69, 9.17) is 5.26 Å². The Bertz CT molecular complexity index is 111. The van der Waals surface area contributed by atoms with Crippen LogP contribution in [0.15, 0.2) is 0 Å². The lowest BCUT2D eigenvalue weighted by atomic mass is 10.2. The van der Waals surface area contributed by atoms with Gasteiger partial charge in [-0.25, -0.2) is 0 Å². The van der Waals surface area contributed by atoms with Crippen molar-refractivity contribution >= 4 is 0 Å². The minimum absolute atomic E-state index is 0.167. The Morgan fingerprint density at radius 3 is 2.20 bits per heavy atom. The minimum Gasteiger partial charge on any atom is -0.303 e. The SMILES string of the molecule is CCN(CC)C[C@H](C)C#N. The number of nitriles is 1. The molecule has 0 heterocycles. The molecule has 2 nitrogen and oxygen atoms in total. The predicted octanol–water partition coefficient (Wildman–Crippen LogP) is 1.49. The number of hydrogen-bond donors (Lipinski definition) is 0. The van der Waals surface area contributed by atoms with Crippen LogP contribution < -0.4 is 0 Å². The molecule has 2 heteroatoms. The van der Waals surface area contributed by atoms with E-state index in [-0.39, 0.29) is 5.92 Å². The highest BCUT2D eigenvalue weighted by atomic mass is 15.1. The summed E-state index contributed by atoms with van der Waals surface area (Å²) in [6.07, 6.45) is 0. The second-order valence-corrected chi connectivity index (χ2v) is 2.52. The third-order valence-corrected chi connectivity index (χ3v) is 1.65. The normalized spacial score (nSPS) is 13.1. The van der Waals surface area contributed by atoms with E-state index in [0.717, 1.165) is 19.6 Å². The summed E-state index contributed by atoms with van der Waals surface area (Å²) in [6, 6.07) is 2.22. The Labute approximate surface area is 63.4 Å². The highest BCUT2D eigenvalue weighted by Gasteiger charge is 2.04. The second kappa shape index (κ2) is 5.25. The maximum absolute atomic E-state index is 8.50. The molecule has 0 rings (SSSR count). The van der Waals surface area contributed by atoms with Gasteiger partial charge in [0.25, 0.3) is 0 Å². The van der Waals surface area contributed by atoms with Crippen LogP contribution in [0.2, 0.25) is 0 Å². The summed E-state index contributed by atoms with van der Waals surface area (Å²) in [5, 5.41) is 8.50. The standard InChI is InChI=1S/C8H16N2/c1-4-10(5-2)7-8(3)6-9/h8H,4-5,7H2,1-3H3/t8-/m1/s1. The summed E-state index contributed by atoms with van der Waals surface area (Å²) in [4.78, 5) is 2.26. The average molecular weight is 140 g/mol. The van der Waals surface area contributed by atoms with Crippen molar-refractivity contribution in [2.24, 2.45) is 5.92 Å². The first-order valence-corrected chi connectivity index (χ1v) is 3.86. The Morgan fingerprint density at radius 2 is 1.90 bits per heavy atom. The van der Waals surface area contributed by atoms with Crippen LogP contribution in [-0.4, -0.2) is 24.5 Å². The lowest BCUT2D eigenvalue weighted by Crippen LogP contribution is -2.27. The first-order valence-electron chi connectivity index (χ1n) is 3.86. The van der Waals surface area contributed by atoms with Crippen LogP contribution in [0, 0.1) is 17.2 Å². The Hall–Kier alpha value is -0.550. The van der Waals surface area contributed by atoms with Crippen molar-refractivity contribution in [2.45, 2.75) is 20.8 Å². The van der Waals surface area contributed by atoms with Gasteiger partial charge in [-0.2, -0.15) is 5.26 Å². The lowest BCUT2D eigenvalue weighted by Gasteiger charge is -2.18. The molecular formula is C8H16N2. The Kier molecular flexibility index (Phi) is 4.96. The van der Waals surface area contributed by atoms with Gasteiger partial charge in [-0.3, -0.25) is 0 Å². The van der Waals surface area contributed by atoms with E-state index in [1.807, 2.05) is 6.92 Å². The van der Waals surface area contributed by atoms with Crippen LogP contribution in [0.1, 0.15) is 20.8 Å². The zero-order valence-electron chi connectivity index (χ0n) is 7.09. The van der Waals surface area contributed by atoms with E-state index in [1.165, 1.54) is 0 Å². The highest BCUT2D eigenvalue weighted by Crippen LogP contribution is 1.96. The molecule has 1 atom stereocenters. The molecule has 0 aromatic carbocycles. The molecular weight excluding hydrogens is 124 g/mol. The molecule has 0 aliphatic rings.